The van der Waals surface area contributed by atoms with Crippen LogP contribution in [-0.4, -0.2) is 0 Å². The van der Waals surface area contributed by atoms with Gasteiger partial charge in [0.15, 0.2) is 0 Å². The molecule has 0 aliphatic heterocycles. The van der Waals surface area contributed by atoms with Crippen LogP contribution in [-0.2, 0) is 6.42 Å². The first-order valence-electron chi connectivity index (χ1n) is 11.8. The van der Waals surface area contributed by atoms with Crippen LogP contribution in [0.15, 0.2) is 103 Å². The molecule has 2 heteroatoms. The van der Waals surface area contributed by atoms with Gasteiger partial charge in [-0.05, 0) is 58.4 Å². The molecule has 0 heterocycles. The monoisotopic (exact) mass is 432 g/mol. The summed E-state index contributed by atoms with van der Waals surface area (Å²) in [6.07, 6.45) is 4.33. The fraction of sp³-hybridized carbons (Fsp3) is 0.161. The molecule has 166 valence electrons. The second-order valence-corrected chi connectivity index (χ2v) is 8.40. The van der Waals surface area contributed by atoms with E-state index in [2.05, 4.69) is 97.9 Å². The molecule has 33 heavy (non-hydrogen) atoms. The lowest BCUT2D eigenvalue weighted by molar-refractivity contribution is 0.718. The first kappa shape index (κ1) is 22.4. The van der Waals surface area contributed by atoms with Gasteiger partial charge in [-0.15, -0.1) is 0 Å². The molecule has 0 unspecified atom stereocenters. The highest BCUT2D eigenvalue weighted by Gasteiger charge is 2.21. The third kappa shape index (κ3) is 5.01. The maximum atomic E-state index is 6.74. The van der Waals surface area contributed by atoms with E-state index < -0.39 is 0 Å². The summed E-state index contributed by atoms with van der Waals surface area (Å²) in [5.74, 6) is 0. The van der Waals surface area contributed by atoms with E-state index in [4.69, 9.17) is 11.5 Å². The summed E-state index contributed by atoms with van der Waals surface area (Å²) in [4.78, 5) is 0. The Morgan fingerprint density at radius 1 is 0.545 bits per heavy atom. The number of anilines is 2. The summed E-state index contributed by atoms with van der Waals surface area (Å²) in [5, 5.41) is 0. The van der Waals surface area contributed by atoms with Crippen molar-refractivity contribution >= 4 is 22.5 Å². The van der Waals surface area contributed by atoms with E-state index in [0.29, 0.717) is 0 Å². The Bertz CT molecular complexity index is 1170. The molecule has 2 nitrogen and oxygen atoms in total. The number of hydrogen-bond donors (Lipinski definition) is 2. The highest BCUT2D eigenvalue weighted by atomic mass is 14.6. The number of nitrogens with two attached hydrogens (primary N) is 2. The van der Waals surface area contributed by atoms with Crippen LogP contribution in [0.5, 0.6) is 0 Å². The lowest BCUT2D eigenvalue weighted by atomic mass is 9.82. The standard InChI is InChI=1S/C31H32N2/c1-2-3-7-20-26-27(32)21-22-28(33)31(26)30(25-18-12-6-13-19-25)29(23-14-8-4-9-15-23)24-16-10-5-11-17-24/h4-6,8-19,21-22H,2-3,7,20,32-33H2,1H3. The fourth-order valence-corrected chi connectivity index (χ4v) is 4.48. The Labute approximate surface area is 197 Å². The second kappa shape index (κ2) is 10.7. The average Bonchev–Trinajstić information content (AvgIpc) is 2.87. The molecule has 0 aromatic heterocycles. The largest absolute Gasteiger partial charge is 0.398 e. The minimum Gasteiger partial charge on any atom is -0.398 e. The average molecular weight is 433 g/mol. The van der Waals surface area contributed by atoms with Crippen LogP contribution in [0.2, 0.25) is 0 Å². The second-order valence-electron chi connectivity index (χ2n) is 8.40. The zero-order valence-electron chi connectivity index (χ0n) is 19.3. The van der Waals surface area contributed by atoms with E-state index in [9.17, 15) is 0 Å². The number of benzene rings is 4. The lowest BCUT2D eigenvalue weighted by Crippen LogP contribution is -2.07. The first-order chi connectivity index (χ1) is 16.2. The molecule has 0 fully saturated rings. The van der Waals surface area contributed by atoms with Gasteiger partial charge in [-0.1, -0.05) is 111 Å². The molecule has 4 rings (SSSR count). The fourth-order valence-electron chi connectivity index (χ4n) is 4.48. The molecular weight excluding hydrogens is 400 g/mol. The molecule has 0 saturated carbocycles. The van der Waals surface area contributed by atoms with Gasteiger partial charge in [0.25, 0.3) is 0 Å². The van der Waals surface area contributed by atoms with Gasteiger partial charge in [-0.25, -0.2) is 0 Å². The van der Waals surface area contributed by atoms with Crippen molar-refractivity contribution in [3.63, 3.8) is 0 Å². The zero-order valence-corrected chi connectivity index (χ0v) is 19.3. The SMILES string of the molecule is CCCCCc1c(N)ccc(N)c1C(=C(c1ccccc1)c1ccccc1)c1ccccc1. The van der Waals surface area contributed by atoms with Crippen molar-refractivity contribution in [2.45, 2.75) is 32.6 Å². The minimum atomic E-state index is 0.763. The van der Waals surface area contributed by atoms with Gasteiger partial charge < -0.3 is 11.5 Å². The van der Waals surface area contributed by atoms with E-state index in [1.54, 1.807) is 0 Å². The van der Waals surface area contributed by atoms with Crippen LogP contribution in [0.3, 0.4) is 0 Å². The van der Waals surface area contributed by atoms with Gasteiger partial charge in [-0.2, -0.15) is 0 Å². The number of nitrogen functional groups attached to an aromatic ring is 2. The van der Waals surface area contributed by atoms with E-state index in [1.807, 2.05) is 12.1 Å². The smallest absolute Gasteiger partial charge is 0.0398 e. The Balaban J connectivity index is 2.11. The summed E-state index contributed by atoms with van der Waals surface area (Å²) >= 11 is 0. The van der Waals surface area contributed by atoms with Crippen LogP contribution in [0.4, 0.5) is 11.4 Å². The molecule has 0 amide bonds. The minimum absolute atomic E-state index is 0.763. The third-order valence-corrected chi connectivity index (χ3v) is 6.10. The molecule has 4 N–H and O–H groups in total. The summed E-state index contributed by atoms with van der Waals surface area (Å²) in [6, 6.07) is 35.6. The molecule has 0 aliphatic carbocycles. The Hall–Kier alpha value is -3.78. The molecule has 4 aromatic carbocycles. The van der Waals surface area contributed by atoms with Crippen molar-refractivity contribution < 1.29 is 0 Å². The van der Waals surface area contributed by atoms with Gasteiger partial charge in [0.1, 0.15) is 0 Å². The maximum Gasteiger partial charge on any atom is 0.0398 e. The van der Waals surface area contributed by atoms with Crippen LogP contribution >= 0.6 is 0 Å². The predicted octanol–water partition coefficient (Wildman–Crippen LogP) is 7.59. The van der Waals surface area contributed by atoms with Gasteiger partial charge in [-0.3, -0.25) is 0 Å². The predicted molar refractivity (Wildman–Crippen MR) is 143 cm³/mol. The van der Waals surface area contributed by atoms with Gasteiger partial charge >= 0.3 is 0 Å². The molecule has 0 bridgehead atoms. The maximum absolute atomic E-state index is 6.74. The third-order valence-electron chi connectivity index (χ3n) is 6.10. The molecule has 0 aliphatic rings. The van der Waals surface area contributed by atoms with Crippen molar-refractivity contribution in [3.05, 3.63) is 131 Å². The quantitative estimate of drug-likeness (QED) is 0.171. The van der Waals surface area contributed by atoms with Gasteiger partial charge in [0.05, 0.1) is 0 Å². The van der Waals surface area contributed by atoms with Crippen LogP contribution in [0, 0.1) is 0 Å². The van der Waals surface area contributed by atoms with E-state index in [-0.39, 0.29) is 0 Å². The Morgan fingerprint density at radius 3 is 1.48 bits per heavy atom. The number of rotatable bonds is 8. The number of unbranched alkanes of at least 4 members (excludes halogenated alkanes) is 2. The number of hydrogen-bond acceptors (Lipinski definition) is 2. The van der Waals surface area contributed by atoms with E-state index in [0.717, 1.165) is 69.6 Å². The van der Waals surface area contributed by atoms with Crippen molar-refractivity contribution in [3.8, 4) is 0 Å². The summed E-state index contributed by atoms with van der Waals surface area (Å²) in [6.45, 7) is 2.22. The Morgan fingerprint density at radius 2 is 1.00 bits per heavy atom. The highest BCUT2D eigenvalue weighted by molar-refractivity contribution is 6.07. The van der Waals surface area contributed by atoms with Crippen LogP contribution in [0.25, 0.3) is 11.1 Å². The van der Waals surface area contributed by atoms with Gasteiger partial charge in [0.2, 0.25) is 0 Å². The first-order valence-corrected chi connectivity index (χ1v) is 11.8. The molecule has 0 spiro atoms. The van der Waals surface area contributed by atoms with Gasteiger partial charge in [0, 0.05) is 16.9 Å². The summed E-state index contributed by atoms with van der Waals surface area (Å²) in [5.41, 5.74) is 22.8. The highest BCUT2D eigenvalue weighted by Crippen LogP contribution is 2.42. The van der Waals surface area contributed by atoms with Crippen molar-refractivity contribution in [2.24, 2.45) is 0 Å². The van der Waals surface area contributed by atoms with Crippen molar-refractivity contribution in [1.82, 2.24) is 0 Å². The molecular formula is C31H32N2. The van der Waals surface area contributed by atoms with E-state index >= 15 is 0 Å². The zero-order chi connectivity index (χ0) is 23.0. The normalized spacial score (nSPS) is 10.7. The van der Waals surface area contributed by atoms with E-state index in [1.165, 1.54) is 6.42 Å². The summed E-state index contributed by atoms with van der Waals surface area (Å²) < 4.78 is 0. The van der Waals surface area contributed by atoms with Crippen LogP contribution in [0.1, 0.15) is 54.0 Å². The lowest BCUT2D eigenvalue weighted by Gasteiger charge is -2.23. The molecule has 4 aromatic rings. The topological polar surface area (TPSA) is 52.0 Å². The summed E-state index contributed by atoms with van der Waals surface area (Å²) in [7, 11) is 0. The molecule has 0 saturated heterocycles. The molecule has 0 atom stereocenters. The van der Waals surface area contributed by atoms with Crippen LogP contribution < -0.4 is 11.5 Å². The Kier molecular flexibility index (Phi) is 7.26. The molecule has 0 radical (unpaired) electrons. The van der Waals surface area contributed by atoms with Crippen molar-refractivity contribution in [1.29, 1.82) is 0 Å². The van der Waals surface area contributed by atoms with Crippen molar-refractivity contribution in [2.75, 3.05) is 11.5 Å².